The zero-order valence-corrected chi connectivity index (χ0v) is 13.2. The van der Waals surface area contributed by atoms with Crippen LogP contribution in [0.1, 0.15) is 30.6 Å². The van der Waals surface area contributed by atoms with Gasteiger partial charge in [-0.15, -0.1) is 0 Å². The Kier molecular flexibility index (Phi) is 3.32. The predicted molar refractivity (Wildman–Crippen MR) is 82.3 cm³/mol. The van der Waals surface area contributed by atoms with E-state index in [1.807, 2.05) is 6.07 Å². The van der Waals surface area contributed by atoms with Crippen molar-refractivity contribution in [2.24, 2.45) is 11.8 Å². The van der Waals surface area contributed by atoms with Crippen LogP contribution in [0.4, 0.5) is 11.4 Å². The van der Waals surface area contributed by atoms with Crippen molar-refractivity contribution < 1.29 is 9.59 Å². The van der Waals surface area contributed by atoms with Crippen LogP contribution in [0, 0.1) is 11.8 Å². The van der Waals surface area contributed by atoms with Gasteiger partial charge >= 0.3 is 0 Å². The molecule has 106 valence electrons. The molecule has 0 aliphatic carbocycles. The van der Waals surface area contributed by atoms with Crippen molar-refractivity contribution in [3.8, 4) is 0 Å². The van der Waals surface area contributed by atoms with Gasteiger partial charge < -0.3 is 10.2 Å². The number of hydrogen-bond acceptors (Lipinski definition) is 3. The number of hydrogen-bond donors (Lipinski definition) is 1. The number of fused-ring (bicyclic) bond motifs is 1. The van der Waals surface area contributed by atoms with Gasteiger partial charge in [0.05, 0.1) is 16.9 Å². The summed E-state index contributed by atoms with van der Waals surface area (Å²) in [5, 5.41) is 2.64. The lowest BCUT2D eigenvalue weighted by molar-refractivity contribution is -0.112. The highest BCUT2D eigenvalue weighted by molar-refractivity contribution is 9.10. The molecule has 1 fully saturated rings. The van der Waals surface area contributed by atoms with Crippen LogP contribution in [0.3, 0.4) is 0 Å². The maximum Gasteiger partial charge on any atom is 0.296 e. The van der Waals surface area contributed by atoms with Gasteiger partial charge in [-0.1, -0.05) is 13.8 Å². The summed E-state index contributed by atoms with van der Waals surface area (Å²) in [5.41, 5.74) is 2.15. The lowest BCUT2D eigenvalue weighted by Crippen LogP contribution is -2.21. The molecule has 2 aliphatic heterocycles. The number of anilines is 2. The van der Waals surface area contributed by atoms with Gasteiger partial charge in [0.1, 0.15) is 0 Å². The van der Waals surface area contributed by atoms with Crippen LogP contribution >= 0.6 is 15.9 Å². The van der Waals surface area contributed by atoms with Gasteiger partial charge in [-0.25, -0.2) is 0 Å². The molecule has 0 spiro atoms. The number of ketones is 1. The minimum atomic E-state index is -0.537. The van der Waals surface area contributed by atoms with Crippen molar-refractivity contribution in [1.29, 1.82) is 0 Å². The Morgan fingerprint density at radius 2 is 2.10 bits per heavy atom. The van der Waals surface area contributed by atoms with E-state index in [2.05, 4.69) is 40.0 Å². The molecule has 0 bridgehead atoms. The molecule has 3 rings (SSSR count). The van der Waals surface area contributed by atoms with E-state index in [0.717, 1.165) is 23.2 Å². The molecule has 1 aromatic rings. The van der Waals surface area contributed by atoms with Crippen molar-refractivity contribution in [3.05, 3.63) is 22.2 Å². The lowest BCUT2D eigenvalue weighted by atomic mass is 9.95. The zero-order chi connectivity index (χ0) is 14.4. The molecule has 0 saturated carbocycles. The molecule has 1 amide bonds. The molecule has 2 aliphatic rings. The average molecular weight is 337 g/mol. The van der Waals surface area contributed by atoms with Crippen LogP contribution in [0.15, 0.2) is 16.6 Å². The summed E-state index contributed by atoms with van der Waals surface area (Å²) in [6.07, 6.45) is 1.19. The van der Waals surface area contributed by atoms with Crippen LogP contribution < -0.4 is 10.2 Å². The summed E-state index contributed by atoms with van der Waals surface area (Å²) in [5.74, 6) is 0.389. The first-order valence-corrected chi connectivity index (χ1v) is 7.71. The number of nitrogens with one attached hydrogen (secondary N) is 1. The van der Waals surface area contributed by atoms with Crippen LogP contribution in [0.25, 0.3) is 0 Å². The van der Waals surface area contributed by atoms with Gasteiger partial charge in [0.15, 0.2) is 0 Å². The Labute approximate surface area is 126 Å². The maximum absolute atomic E-state index is 11.7. The van der Waals surface area contributed by atoms with E-state index in [4.69, 9.17) is 0 Å². The first kappa shape index (κ1) is 13.6. The van der Waals surface area contributed by atoms with Crippen molar-refractivity contribution in [2.45, 2.75) is 20.3 Å². The van der Waals surface area contributed by atoms with Crippen LogP contribution in [-0.2, 0) is 4.79 Å². The highest BCUT2D eigenvalue weighted by Gasteiger charge is 2.31. The van der Waals surface area contributed by atoms with E-state index in [1.54, 1.807) is 6.07 Å². The topological polar surface area (TPSA) is 49.4 Å². The van der Waals surface area contributed by atoms with Gasteiger partial charge in [0, 0.05) is 17.6 Å². The number of nitrogens with zero attached hydrogens (tertiary/aromatic N) is 1. The fourth-order valence-electron chi connectivity index (χ4n) is 2.95. The second-order valence-corrected chi connectivity index (χ2v) is 6.73. The van der Waals surface area contributed by atoms with Crippen LogP contribution in [0.2, 0.25) is 0 Å². The lowest BCUT2D eigenvalue weighted by Gasteiger charge is -2.22. The second-order valence-electron chi connectivity index (χ2n) is 5.87. The van der Waals surface area contributed by atoms with Gasteiger partial charge in [0.25, 0.3) is 11.7 Å². The standard InChI is InChI=1S/C15H17BrN2O2/c1-8(2)9-3-4-18(7-9)13-6-12-10(5-11(13)16)14(19)15(20)17-12/h5-6,8-9H,3-4,7H2,1-2H3,(H,17,19,20). The smallest absolute Gasteiger partial charge is 0.296 e. The summed E-state index contributed by atoms with van der Waals surface area (Å²) in [4.78, 5) is 25.4. The highest BCUT2D eigenvalue weighted by Crippen LogP contribution is 2.38. The fourth-order valence-corrected chi connectivity index (χ4v) is 3.54. The molecule has 1 unspecified atom stereocenters. The minimum Gasteiger partial charge on any atom is -0.370 e. The number of amides is 1. The van der Waals surface area contributed by atoms with Gasteiger partial charge in [0.2, 0.25) is 0 Å². The summed E-state index contributed by atoms with van der Waals surface area (Å²) in [6.45, 7) is 6.55. The molecular weight excluding hydrogens is 320 g/mol. The maximum atomic E-state index is 11.7. The van der Waals surface area contributed by atoms with E-state index < -0.39 is 11.7 Å². The quantitative estimate of drug-likeness (QED) is 0.844. The summed E-state index contributed by atoms with van der Waals surface area (Å²) >= 11 is 3.53. The largest absolute Gasteiger partial charge is 0.370 e. The average Bonchev–Trinajstić information content (AvgIpc) is 2.97. The SMILES string of the molecule is CC(C)C1CCN(c2cc3c(cc2Br)C(=O)C(=O)N3)C1. The molecule has 4 nitrogen and oxygen atoms in total. The van der Waals surface area contributed by atoms with Gasteiger partial charge in [-0.05, 0) is 46.3 Å². The number of carbonyl (C=O) groups is 2. The van der Waals surface area contributed by atoms with Crippen LogP contribution in [-0.4, -0.2) is 24.8 Å². The number of Topliss-reactive ketones (excluding diaryl/α,β-unsaturated/α-hetero) is 1. The molecule has 1 N–H and O–H groups in total. The molecule has 1 aromatic carbocycles. The van der Waals surface area contributed by atoms with Crippen molar-refractivity contribution >= 4 is 39.0 Å². The van der Waals surface area contributed by atoms with E-state index in [9.17, 15) is 9.59 Å². The molecule has 5 heteroatoms. The monoisotopic (exact) mass is 336 g/mol. The van der Waals surface area contributed by atoms with Crippen LogP contribution in [0.5, 0.6) is 0 Å². The summed E-state index contributed by atoms with van der Waals surface area (Å²) < 4.78 is 0.880. The number of benzene rings is 1. The fraction of sp³-hybridized carbons (Fsp3) is 0.467. The van der Waals surface area contributed by atoms with E-state index in [-0.39, 0.29) is 0 Å². The molecule has 1 saturated heterocycles. The summed E-state index contributed by atoms with van der Waals surface area (Å²) in [6, 6.07) is 3.67. The third kappa shape index (κ3) is 2.14. The van der Waals surface area contributed by atoms with Gasteiger partial charge in [-0.3, -0.25) is 9.59 Å². The highest BCUT2D eigenvalue weighted by atomic mass is 79.9. The molecule has 0 radical (unpaired) electrons. The van der Waals surface area contributed by atoms with E-state index >= 15 is 0 Å². The third-order valence-electron chi connectivity index (χ3n) is 4.29. The van der Waals surface area contributed by atoms with E-state index in [0.29, 0.717) is 23.1 Å². The van der Waals surface area contributed by atoms with Gasteiger partial charge in [-0.2, -0.15) is 0 Å². The summed E-state index contributed by atoms with van der Waals surface area (Å²) in [7, 11) is 0. The molecule has 20 heavy (non-hydrogen) atoms. The Balaban J connectivity index is 1.91. The normalized spacial score (nSPS) is 21.6. The predicted octanol–water partition coefficient (Wildman–Crippen LogP) is 3.07. The number of halogens is 1. The zero-order valence-electron chi connectivity index (χ0n) is 11.6. The Morgan fingerprint density at radius 3 is 2.75 bits per heavy atom. The third-order valence-corrected chi connectivity index (χ3v) is 4.93. The Hall–Kier alpha value is -1.36. The first-order valence-electron chi connectivity index (χ1n) is 6.91. The van der Waals surface area contributed by atoms with Crippen molar-refractivity contribution in [2.75, 3.05) is 23.3 Å². The van der Waals surface area contributed by atoms with Crippen molar-refractivity contribution in [1.82, 2.24) is 0 Å². The molecule has 0 aromatic heterocycles. The number of rotatable bonds is 2. The Morgan fingerprint density at radius 1 is 1.35 bits per heavy atom. The Bertz CT molecular complexity index is 598. The molecule has 1 atom stereocenters. The first-order chi connectivity index (χ1) is 9.47. The second kappa shape index (κ2) is 4.88. The van der Waals surface area contributed by atoms with E-state index in [1.165, 1.54) is 6.42 Å². The van der Waals surface area contributed by atoms with Crippen molar-refractivity contribution in [3.63, 3.8) is 0 Å². The molecule has 2 heterocycles. The minimum absolute atomic E-state index is 0.450. The number of carbonyl (C=O) groups excluding carboxylic acids is 2. The molecular formula is C15H17BrN2O2.